The monoisotopic (exact) mass is 328 g/mol. The van der Waals surface area contributed by atoms with E-state index in [-0.39, 0.29) is 11.9 Å². The van der Waals surface area contributed by atoms with Crippen LogP contribution in [-0.2, 0) is 17.9 Å². The zero-order chi connectivity index (χ0) is 15.9. The van der Waals surface area contributed by atoms with Crippen molar-refractivity contribution in [1.82, 2.24) is 10.6 Å². The minimum absolute atomic E-state index is 0.0569. The third-order valence-electron chi connectivity index (χ3n) is 3.67. The van der Waals surface area contributed by atoms with E-state index < -0.39 is 0 Å². The van der Waals surface area contributed by atoms with Gasteiger partial charge in [0.2, 0.25) is 5.91 Å². The molecule has 4 nitrogen and oxygen atoms in total. The van der Waals surface area contributed by atoms with E-state index in [1.54, 1.807) is 11.8 Å². The van der Waals surface area contributed by atoms with Crippen LogP contribution in [0.3, 0.4) is 0 Å². The Morgan fingerprint density at radius 1 is 1.13 bits per heavy atom. The lowest BCUT2D eigenvalue weighted by atomic mass is 10.1. The van der Waals surface area contributed by atoms with Gasteiger partial charge in [0.05, 0.1) is 6.04 Å². The van der Waals surface area contributed by atoms with Crippen LogP contribution in [0.25, 0.3) is 0 Å². The number of ether oxygens (including phenoxy) is 1. The lowest BCUT2D eigenvalue weighted by Gasteiger charge is -2.11. The molecule has 0 radical (unpaired) electrons. The Morgan fingerprint density at radius 2 is 1.87 bits per heavy atom. The van der Waals surface area contributed by atoms with Crippen molar-refractivity contribution in [2.45, 2.75) is 19.2 Å². The van der Waals surface area contributed by atoms with Crippen LogP contribution >= 0.6 is 11.8 Å². The molecular formula is C18H20N2O2S. The summed E-state index contributed by atoms with van der Waals surface area (Å²) in [6, 6.07) is 17.8. The average molecular weight is 328 g/mol. The van der Waals surface area contributed by atoms with Crippen molar-refractivity contribution in [1.29, 1.82) is 0 Å². The number of carbonyl (C=O) groups is 1. The van der Waals surface area contributed by atoms with Gasteiger partial charge < -0.3 is 10.1 Å². The molecule has 2 aromatic rings. The van der Waals surface area contributed by atoms with Crippen molar-refractivity contribution in [3.8, 4) is 5.75 Å². The van der Waals surface area contributed by atoms with Crippen molar-refractivity contribution in [2.24, 2.45) is 0 Å². The molecule has 2 aromatic carbocycles. The predicted molar refractivity (Wildman–Crippen MR) is 93.3 cm³/mol. The number of benzene rings is 2. The smallest absolute Gasteiger partial charge is 0.238 e. The molecular weight excluding hydrogens is 308 g/mol. The zero-order valence-corrected chi connectivity index (χ0v) is 13.6. The number of thioether (sulfide) groups is 1. The first-order valence-corrected chi connectivity index (χ1v) is 8.81. The minimum atomic E-state index is -0.0569. The van der Waals surface area contributed by atoms with Crippen molar-refractivity contribution in [3.63, 3.8) is 0 Å². The van der Waals surface area contributed by atoms with Crippen molar-refractivity contribution in [3.05, 3.63) is 65.7 Å². The molecule has 1 heterocycles. The maximum absolute atomic E-state index is 11.9. The van der Waals surface area contributed by atoms with Gasteiger partial charge in [0, 0.05) is 18.2 Å². The normalized spacial score (nSPS) is 17.0. The number of carbonyl (C=O) groups excluding carboxylic acids is 1. The highest BCUT2D eigenvalue weighted by Gasteiger charge is 2.21. The molecule has 1 atom stereocenters. The second-order valence-electron chi connectivity index (χ2n) is 5.41. The van der Waals surface area contributed by atoms with E-state index in [0.717, 1.165) is 28.5 Å². The Bertz CT molecular complexity index is 625. The van der Waals surface area contributed by atoms with Gasteiger partial charge in [0.25, 0.3) is 0 Å². The highest BCUT2D eigenvalue weighted by molar-refractivity contribution is 7.99. The molecule has 3 rings (SSSR count). The Labute approximate surface area is 140 Å². The lowest BCUT2D eigenvalue weighted by Crippen LogP contribution is -2.41. The number of hydrogen-bond donors (Lipinski definition) is 2. The highest BCUT2D eigenvalue weighted by atomic mass is 32.2. The first-order chi connectivity index (χ1) is 11.3. The number of nitrogens with one attached hydrogen (secondary N) is 2. The summed E-state index contributed by atoms with van der Waals surface area (Å²) in [6.45, 7) is 1.10. The average Bonchev–Trinajstić information content (AvgIpc) is 3.14. The molecule has 0 aliphatic carbocycles. The van der Waals surface area contributed by atoms with E-state index in [4.69, 9.17) is 4.74 Å². The Morgan fingerprint density at radius 3 is 2.57 bits per heavy atom. The fourth-order valence-electron chi connectivity index (χ4n) is 2.31. The molecule has 2 N–H and O–H groups in total. The topological polar surface area (TPSA) is 50.4 Å². The summed E-state index contributed by atoms with van der Waals surface area (Å²) in [5.74, 6) is 2.65. The molecule has 23 heavy (non-hydrogen) atoms. The molecule has 1 aliphatic rings. The fraction of sp³-hybridized carbons (Fsp3) is 0.278. The van der Waals surface area contributed by atoms with Gasteiger partial charge in [-0.25, -0.2) is 0 Å². The van der Waals surface area contributed by atoms with Crippen LogP contribution < -0.4 is 15.4 Å². The van der Waals surface area contributed by atoms with Gasteiger partial charge in [0.1, 0.15) is 12.4 Å². The van der Waals surface area contributed by atoms with E-state index in [2.05, 4.69) is 10.6 Å². The van der Waals surface area contributed by atoms with Crippen LogP contribution in [0, 0.1) is 0 Å². The second kappa shape index (κ2) is 8.04. The van der Waals surface area contributed by atoms with Crippen LogP contribution in [0.2, 0.25) is 0 Å². The SMILES string of the molecule is O=C(NCc1ccc(COc2ccccc2)cc1)C1CSCN1. The molecule has 1 fully saturated rings. The minimum Gasteiger partial charge on any atom is -0.489 e. The maximum atomic E-state index is 11.9. The van der Waals surface area contributed by atoms with Gasteiger partial charge in [-0.3, -0.25) is 10.1 Å². The summed E-state index contributed by atoms with van der Waals surface area (Å²) in [4.78, 5) is 11.9. The fourth-order valence-corrected chi connectivity index (χ4v) is 3.25. The van der Waals surface area contributed by atoms with E-state index in [0.29, 0.717) is 13.2 Å². The standard InChI is InChI=1S/C18H20N2O2S/c21-18(17-12-23-13-20-17)19-10-14-6-8-15(9-7-14)11-22-16-4-2-1-3-5-16/h1-9,17,20H,10-13H2,(H,19,21). The Balaban J connectivity index is 1.46. The van der Waals surface area contributed by atoms with Crippen LogP contribution in [0.1, 0.15) is 11.1 Å². The molecule has 1 saturated heterocycles. The zero-order valence-electron chi connectivity index (χ0n) is 12.8. The lowest BCUT2D eigenvalue weighted by molar-refractivity contribution is -0.122. The molecule has 120 valence electrons. The number of hydrogen-bond acceptors (Lipinski definition) is 4. The van der Waals surface area contributed by atoms with E-state index >= 15 is 0 Å². The molecule has 1 unspecified atom stereocenters. The predicted octanol–water partition coefficient (Wildman–Crippen LogP) is 2.54. The number of para-hydroxylation sites is 1. The molecule has 0 aromatic heterocycles. The number of rotatable bonds is 6. The molecule has 1 aliphatic heterocycles. The third-order valence-corrected chi connectivity index (χ3v) is 4.61. The summed E-state index contributed by atoms with van der Waals surface area (Å²) in [7, 11) is 0. The van der Waals surface area contributed by atoms with E-state index in [1.165, 1.54) is 0 Å². The number of amides is 1. The van der Waals surface area contributed by atoms with Crippen LogP contribution in [-0.4, -0.2) is 23.6 Å². The molecule has 0 bridgehead atoms. The first kappa shape index (κ1) is 15.9. The Kier molecular flexibility index (Phi) is 5.56. The van der Waals surface area contributed by atoms with Crippen LogP contribution in [0.15, 0.2) is 54.6 Å². The maximum Gasteiger partial charge on any atom is 0.238 e. The van der Waals surface area contributed by atoms with Gasteiger partial charge >= 0.3 is 0 Å². The van der Waals surface area contributed by atoms with Gasteiger partial charge in [-0.2, -0.15) is 0 Å². The molecule has 5 heteroatoms. The summed E-state index contributed by atoms with van der Waals surface area (Å²) in [5, 5.41) is 6.14. The second-order valence-corrected chi connectivity index (χ2v) is 6.44. The molecule has 0 spiro atoms. The van der Waals surface area contributed by atoms with Crippen molar-refractivity contribution in [2.75, 3.05) is 11.6 Å². The van der Waals surface area contributed by atoms with Crippen LogP contribution in [0.5, 0.6) is 5.75 Å². The van der Waals surface area contributed by atoms with Gasteiger partial charge in [-0.15, -0.1) is 11.8 Å². The van der Waals surface area contributed by atoms with Gasteiger partial charge in [-0.05, 0) is 23.3 Å². The Hall–Kier alpha value is -1.98. The van der Waals surface area contributed by atoms with Gasteiger partial charge in [0.15, 0.2) is 0 Å². The molecule has 0 saturated carbocycles. The quantitative estimate of drug-likeness (QED) is 0.856. The third kappa shape index (κ3) is 4.74. The van der Waals surface area contributed by atoms with Gasteiger partial charge in [-0.1, -0.05) is 42.5 Å². The largest absolute Gasteiger partial charge is 0.489 e. The molecule has 1 amide bonds. The van der Waals surface area contributed by atoms with E-state index in [1.807, 2.05) is 54.6 Å². The summed E-state index contributed by atoms with van der Waals surface area (Å²) in [5.41, 5.74) is 2.20. The summed E-state index contributed by atoms with van der Waals surface area (Å²) >= 11 is 1.75. The summed E-state index contributed by atoms with van der Waals surface area (Å²) in [6.07, 6.45) is 0. The van der Waals surface area contributed by atoms with E-state index in [9.17, 15) is 4.79 Å². The van der Waals surface area contributed by atoms with Crippen molar-refractivity contribution >= 4 is 17.7 Å². The van der Waals surface area contributed by atoms with Crippen LogP contribution in [0.4, 0.5) is 0 Å². The summed E-state index contributed by atoms with van der Waals surface area (Å²) < 4.78 is 5.72. The van der Waals surface area contributed by atoms with Crippen molar-refractivity contribution < 1.29 is 9.53 Å². The first-order valence-electron chi connectivity index (χ1n) is 7.66. The highest BCUT2D eigenvalue weighted by Crippen LogP contribution is 2.13.